The van der Waals surface area contributed by atoms with Crippen molar-refractivity contribution < 1.29 is 4.79 Å². The molecule has 0 aliphatic rings. The van der Waals surface area contributed by atoms with E-state index in [0.717, 1.165) is 33.4 Å². The van der Waals surface area contributed by atoms with Gasteiger partial charge in [-0.2, -0.15) is 0 Å². The minimum absolute atomic E-state index is 0.243. The third-order valence-corrected chi connectivity index (χ3v) is 6.12. The summed E-state index contributed by atoms with van der Waals surface area (Å²) in [4.78, 5) is 40.7. The third-order valence-electron chi connectivity index (χ3n) is 6.12. The first-order valence-electron chi connectivity index (χ1n) is 11.1. The number of rotatable bonds is 5. The number of benzene rings is 3. The topological polar surface area (TPSA) is 88.9 Å². The molecule has 0 radical (unpaired) electrons. The minimum Gasteiger partial charge on any atom is -0.350 e. The highest BCUT2D eigenvalue weighted by molar-refractivity contribution is 6.04. The Labute approximate surface area is 195 Å². The van der Waals surface area contributed by atoms with E-state index in [9.17, 15) is 14.4 Å². The Balaban J connectivity index is 1.58. The molecule has 5 aromatic rings. The molecular weight excluding hydrogens is 428 g/mol. The smallest absolute Gasteiger partial charge is 0.317 e. The fourth-order valence-corrected chi connectivity index (χ4v) is 4.42. The normalized spacial score (nSPS) is 11.2. The van der Waals surface area contributed by atoms with Gasteiger partial charge in [0.2, 0.25) is 5.91 Å². The van der Waals surface area contributed by atoms with Crippen LogP contribution in [-0.4, -0.2) is 20.0 Å². The van der Waals surface area contributed by atoms with Gasteiger partial charge in [0.05, 0.1) is 11.0 Å². The number of aromatic nitrogens is 3. The number of fused-ring (bicyclic) bond motifs is 3. The lowest BCUT2D eigenvalue weighted by Crippen LogP contribution is -2.40. The highest BCUT2D eigenvalue weighted by atomic mass is 16.2. The first-order chi connectivity index (χ1) is 16.4. The number of H-pyrrole nitrogens is 1. The van der Waals surface area contributed by atoms with Crippen LogP contribution in [-0.2, 0) is 17.9 Å². The zero-order valence-corrected chi connectivity index (χ0v) is 19.0. The molecule has 34 heavy (non-hydrogen) atoms. The molecule has 2 aromatic heterocycles. The number of aromatic amines is 1. The maximum atomic E-state index is 12.7. The summed E-state index contributed by atoms with van der Waals surface area (Å²) < 4.78 is 3.37. The van der Waals surface area contributed by atoms with Crippen LogP contribution in [0.2, 0.25) is 0 Å². The third kappa shape index (κ3) is 3.81. The van der Waals surface area contributed by atoms with Gasteiger partial charge in [0.25, 0.3) is 0 Å². The van der Waals surface area contributed by atoms with Crippen LogP contribution in [0.25, 0.3) is 27.5 Å². The molecule has 5 rings (SSSR count). The van der Waals surface area contributed by atoms with Gasteiger partial charge in [-0.1, -0.05) is 42.5 Å². The van der Waals surface area contributed by atoms with Gasteiger partial charge >= 0.3 is 11.1 Å². The van der Waals surface area contributed by atoms with Crippen LogP contribution in [0.5, 0.6) is 0 Å². The van der Waals surface area contributed by atoms with Crippen molar-refractivity contribution in [2.24, 2.45) is 0 Å². The van der Waals surface area contributed by atoms with E-state index in [1.807, 2.05) is 68.4 Å². The van der Waals surface area contributed by atoms with Crippen LogP contribution < -0.4 is 16.4 Å². The van der Waals surface area contributed by atoms with Crippen LogP contribution in [0, 0.1) is 13.8 Å². The summed E-state index contributed by atoms with van der Waals surface area (Å²) in [6.07, 6.45) is 0. The van der Waals surface area contributed by atoms with Gasteiger partial charge in [-0.05, 0) is 55.1 Å². The second-order valence-electron chi connectivity index (χ2n) is 8.42. The largest absolute Gasteiger partial charge is 0.350 e. The maximum absolute atomic E-state index is 12.7. The molecule has 0 atom stereocenters. The predicted octanol–water partition coefficient (Wildman–Crippen LogP) is 3.57. The lowest BCUT2D eigenvalue weighted by atomic mass is 10.1. The average Bonchev–Trinajstić information content (AvgIpc) is 3.18. The molecule has 0 saturated heterocycles. The Morgan fingerprint density at radius 2 is 1.62 bits per heavy atom. The molecule has 0 aliphatic heterocycles. The fourth-order valence-electron chi connectivity index (χ4n) is 4.42. The summed E-state index contributed by atoms with van der Waals surface area (Å²) in [5, 5.41) is 4.55. The average molecular weight is 453 g/mol. The lowest BCUT2D eigenvalue weighted by molar-refractivity contribution is -0.121. The van der Waals surface area contributed by atoms with Crippen LogP contribution in [0.1, 0.15) is 17.0 Å². The van der Waals surface area contributed by atoms with Crippen molar-refractivity contribution in [3.63, 3.8) is 0 Å². The van der Waals surface area contributed by atoms with E-state index in [1.165, 1.54) is 4.57 Å². The van der Waals surface area contributed by atoms with E-state index in [1.54, 1.807) is 6.07 Å². The molecule has 2 heterocycles. The summed E-state index contributed by atoms with van der Waals surface area (Å²) in [7, 11) is 0. The second-order valence-corrected chi connectivity index (χ2v) is 8.42. The SMILES string of the molecule is Cc1ccc(C)n1-c1ccc2ccc3c([nH]c(=O)c(=O)n3CC(=O)NCc3ccccc3)c2c1. The van der Waals surface area contributed by atoms with Gasteiger partial charge in [-0.25, -0.2) is 0 Å². The van der Waals surface area contributed by atoms with Crippen molar-refractivity contribution in [3.05, 3.63) is 110 Å². The summed E-state index contributed by atoms with van der Waals surface area (Å²) in [6, 6.07) is 23.3. The van der Waals surface area contributed by atoms with Crippen molar-refractivity contribution in [1.82, 2.24) is 19.4 Å². The monoisotopic (exact) mass is 452 g/mol. The minimum atomic E-state index is -0.755. The highest BCUT2D eigenvalue weighted by Gasteiger charge is 2.14. The van der Waals surface area contributed by atoms with Crippen LogP contribution in [0.4, 0.5) is 0 Å². The Bertz CT molecular complexity index is 1640. The number of nitrogens with zero attached hydrogens (tertiary/aromatic N) is 2. The zero-order valence-electron chi connectivity index (χ0n) is 19.0. The number of nitrogens with one attached hydrogen (secondary N) is 2. The van der Waals surface area contributed by atoms with Gasteiger partial charge < -0.3 is 14.9 Å². The quantitative estimate of drug-likeness (QED) is 0.316. The number of aryl methyl sites for hydroxylation is 2. The Kier molecular flexibility index (Phi) is 5.37. The van der Waals surface area contributed by atoms with E-state index < -0.39 is 11.1 Å². The molecule has 1 amide bonds. The molecule has 3 aromatic carbocycles. The van der Waals surface area contributed by atoms with Gasteiger partial charge in [-0.15, -0.1) is 0 Å². The number of amides is 1. The van der Waals surface area contributed by atoms with Crippen LogP contribution >= 0.6 is 0 Å². The van der Waals surface area contributed by atoms with Crippen molar-refractivity contribution in [1.29, 1.82) is 0 Å². The summed E-state index contributed by atoms with van der Waals surface area (Å²) in [5.41, 5.74) is 3.62. The van der Waals surface area contributed by atoms with Gasteiger partial charge in [-0.3, -0.25) is 19.0 Å². The van der Waals surface area contributed by atoms with E-state index in [2.05, 4.69) is 27.0 Å². The molecule has 0 unspecified atom stereocenters. The molecular formula is C27H24N4O3. The molecule has 0 bridgehead atoms. The van der Waals surface area contributed by atoms with Crippen molar-refractivity contribution in [2.75, 3.05) is 0 Å². The second kappa shape index (κ2) is 8.51. The zero-order chi connectivity index (χ0) is 23.8. The van der Waals surface area contributed by atoms with E-state index in [4.69, 9.17) is 0 Å². The van der Waals surface area contributed by atoms with Crippen molar-refractivity contribution in [2.45, 2.75) is 26.9 Å². The summed E-state index contributed by atoms with van der Waals surface area (Å²) in [6.45, 7) is 4.17. The van der Waals surface area contributed by atoms with Crippen molar-refractivity contribution in [3.8, 4) is 5.69 Å². The molecule has 7 heteroatoms. The van der Waals surface area contributed by atoms with E-state index >= 15 is 0 Å². The predicted molar refractivity (Wildman–Crippen MR) is 133 cm³/mol. The van der Waals surface area contributed by atoms with Gasteiger partial charge in [0.15, 0.2) is 0 Å². The Morgan fingerprint density at radius 1 is 0.912 bits per heavy atom. The molecule has 7 nitrogen and oxygen atoms in total. The van der Waals surface area contributed by atoms with Crippen molar-refractivity contribution >= 4 is 27.7 Å². The standard InChI is InChI=1S/C27H24N4O3/c1-17-8-9-18(2)31(17)21-12-10-20-11-13-23-25(22(20)14-21)29-26(33)27(34)30(23)16-24(32)28-15-19-6-4-3-5-7-19/h3-14H,15-16H2,1-2H3,(H,28,32)(H,29,33). The molecule has 0 aliphatic carbocycles. The lowest BCUT2D eigenvalue weighted by Gasteiger charge is -2.14. The first kappa shape index (κ1) is 21.5. The number of hydrogen-bond donors (Lipinski definition) is 2. The van der Waals surface area contributed by atoms with Gasteiger partial charge in [0.1, 0.15) is 6.54 Å². The molecule has 0 saturated carbocycles. The van der Waals surface area contributed by atoms with Crippen LogP contribution in [0.3, 0.4) is 0 Å². The Morgan fingerprint density at radius 3 is 2.35 bits per heavy atom. The Hall–Kier alpha value is -4.39. The molecule has 2 N–H and O–H groups in total. The fraction of sp³-hybridized carbons (Fsp3) is 0.148. The van der Waals surface area contributed by atoms with E-state index in [0.29, 0.717) is 17.6 Å². The number of hydrogen-bond acceptors (Lipinski definition) is 3. The molecule has 0 fully saturated rings. The molecule has 170 valence electrons. The van der Waals surface area contributed by atoms with Crippen LogP contribution in [0.15, 0.2) is 82.4 Å². The number of carbonyl (C=O) groups is 1. The maximum Gasteiger partial charge on any atom is 0.317 e. The van der Waals surface area contributed by atoms with E-state index in [-0.39, 0.29) is 12.5 Å². The first-order valence-corrected chi connectivity index (χ1v) is 11.1. The molecule has 0 spiro atoms. The highest BCUT2D eigenvalue weighted by Crippen LogP contribution is 2.26. The summed E-state index contributed by atoms with van der Waals surface area (Å²) >= 11 is 0. The summed E-state index contributed by atoms with van der Waals surface area (Å²) in [5.74, 6) is -0.342. The number of carbonyl (C=O) groups excluding carboxylic acids is 1. The van der Waals surface area contributed by atoms with Gasteiger partial charge in [0, 0.05) is 29.0 Å².